The molecule has 0 heterocycles. The van der Waals surface area contributed by atoms with Crippen LogP contribution in [0.15, 0.2) is 48.5 Å². The first kappa shape index (κ1) is 21.4. The molecule has 0 saturated carbocycles. The Kier molecular flexibility index (Phi) is 7.54. The Morgan fingerprint density at radius 1 is 0.964 bits per heavy atom. The molecule has 2 aromatic rings. The van der Waals surface area contributed by atoms with Gasteiger partial charge in [0.15, 0.2) is 6.61 Å². The minimum atomic E-state index is -4.37. The van der Waals surface area contributed by atoms with Crippen LogP contribution in [-0.2, 0) is 13.1 Å². The van der Waals surface area contributed by atoms with Crippen LogP contribution in [0.2, 0.25) is 0 Å². The van der Waals surface area contributed by atoms with Gasteiger partial charge in [-0.25, -0.2) is 4.79 Å². The van der Waals surface area contributed by atoms with Gasteiger partial charge in [0.25, 0.3) is 0 Å². The lowest BCUT2D eigenvalue weighted by Gasteiger charge is -2.18. The maximum atomic E-state index is 12.2. The lowest BCUT2D eigenvalue weighted by Crippen LogP contribution is -2.36. The third-order valence-electron chi connectivity index (χ3n) is 3.77. The second-order valence-corrected chi connectivity index (χ2v) is 6.14. The number of urea groups is 1. The number of nitrogens with one attached hydrogen (secondary N) is 1. The molecule has 0 unspecified atom stereocenters. The summed E-state index contributed by atoms with van der Waals surface area (Å²) in [6.07, 6.45) is -4.37. The SMILES string of the molecule is CCOc1ccc(CN(C)C(=O)NCc2ccc(OCC(F)(F)F)cc2)cc1. The molecule has 152 valence electrons. The average Bonchev–Trinajstić information content (AvgIpc) is 2.66. The summed E-state index contributed by atoms with van der Waals surface area (Å²) >= 11 is 0. The molecule has 2 aromatic carbocycles. The summed E-state index contributed by atoms with van der Waals surface area (Å²) in [5.74, 6) is 0.904. The molecule has 0 saturated heterocycles. The van der Waals surface area contributed by atoms with Crippen molar-refractivity contribution in [2.45, 2.75) is 26.2 Å². The molecule has 0 bridgehead atoms. The summed E-state index contributed by atoms with van der Waals surface area (Å²) < 4.78 is 46.4. The van der Waals surface area contributed by atoms with Crippen LogP contribution in [0.4, 0.5) is 18.0 Å². The molecule has 8 heteroatoms. The van der Waals surface area contributed by atoms with Gasteiger partial charge in [0.2, 0.25) is 0 Å². The van der Waals surface area contributed by atoms with E-state index in [-0.39, 0.29) is 18.3 Å². The molecule has 5 nitrogen and oxygen atoms in total. The fourth-order valence-corrected chi connectivity index (χ4v) is 2.38. The van der Waals surface area contributed by atoms with E-state index in [1.165, 1.54) is 17.0 Å². The molecule has 0 radical (unpaired) electrons. The Bertz CT molecular complexity index is 747. The fraction of sp³-hybridized carbons (Fsp3) is 0.350. The van der Waals surface area contributed by atoms with E-state index >= 15 is 0 Å². The molecule has 0 aliphatic carbocycles. The van der Waals surface area contributed by atoms with Crippen LogP contribution in [0.3, 0.4) is 0 Å². The van der Waals surface area contributed by atoms with E-state index in [0.717, 1.165) is 16.9 Å². The van der Waals surface area contributed by atoms with Gasteiger partial charge < -0.3 is 19.7 Å². The maximum Gasteiger partial charge on any atom is 0.422 e. The molecule has 2 amide bonds. The highest BCUT2D eigenvalue weighted by molar-refractivity contribution is 5.73. The summed E-state index contributed by atoms with van der Waals surface area (Å²) in [6.45, 7) is 1.86. The highest BCUT2D eigenvalue weighted by Crippen LogP contribution is 2.19. The van der Waals surface area contributed by atoms with E-state index in [2.05, 4.69) is 10.1 Å². The highest BCUT2D eigenvalue weighted by Gasteiger charge is 2.28. The number of hydrogen-bond donors (Lipinski definition) is 1. The lowest BCUT2D eigenvalue weighted by molar-refractivity contribution is -0.153. The first-order chi connectivity index (χ1) is 13.3. The molecule has 1 N–H and O–H groups in total. The Labute approximate surface area is 162 Å². The molecule has 0 fully saturated rings. The van der Waals surface area contributed by atoms with Crippen molar-refractivity contribution in [1.82, 2.24) is 10.2 Å². The fourth-order valence-electron chi connectivity index (χ4n) is 2.38. The Balaban J connectivity index is 1.79. The van der Waals surface area contributed by atoms with Crippen molar-refractivity contribution < 1.29 is 27.4 Å². The Hall–Kier alpha value is -2.90. The summed E-state index contributed by atoms with van der Waals surface area (Å²) in [4.78, 5) is 13.7. The second-order valence-electron chi connectivity index (χ2n) is 6.14. The molecule has 28 heavy (non-hydrogen) atoms. The molecular weight excluding hydrogens is 373 g/mol. The molecule has 0 aliphatic rings. The minimum absolute atomic E-state index is 0.125. The monoisotopic (exact) mass is 396 g/mol. The zero-order valence-corrected chi connectivity index (χ0v) is 15.8. The third kappa shape index (κ3) is 7.38. The number of alkyl halides is 3. The van der Waals surface area contributed by atoms with Crippen molar-refractivity contribution in [3.63, 3.8) is 0 Å². The van der Waals surface area contributed by atoms with Gasteiger partial charge in [-0.2, -0.15) is 13.2 Å². The van der Waals surface area contributed by atoms with E-state index in [9.17, 15) is 18.0 Å². The highest BCUT2D eigenvalue weighted by atomic mass is 19.4. The van der Waals surface area contributed by atoms with E-state index < -0.39 is 12.8 Å². The predicted octanol–water partition coefficient (Wildman–Crippen LogP) is 4.37. The normalized spacial score (nSPS) is 11.0. The summed E-state index contributed by atoms with van der Waals surface area (Å²) in [7, 11) is 1.68. The minimum Gasteiger partial charge on any atom is -0.494 e. The van der Waals surface area contributed by atoms with Crippen LogP contribution in [0.5, 0.6) is 11.5 Å². The third-order valence-corrected chi connectivity index (χ3v) is 3.77. The Morgan fingerprint density at radius 2 is 1.50 bits per heavy atom. The maximum absolute atomic E-state index is 12.2. The summed E-state index contributed by atoms with van der Waals surface area (Å²) in [5, 5.41) is 2.77. The number of carbonyl (C=O) groups is 1. The van der Waals surface area contributed by atoms with Crippen molar-refractivity contribution in [3.8, 4) is 11.5 Å². The molecule has 0 spiro atoms. The zero-order chi connectivity index (χ0) is 20.6. The van der Waals surface area contributed by atoms with Crippen molar-refractivity contribution in [2.24, 2.45) is 0 Å². The number of rotatable bonds is 8. The molecule has 2 rings (SSSR count). The molecule has 0 aliphatic heterocycles. The Morgan fingerprint density at radius 3 is 2.04 bits per heavy atom. The second kappa shape index (κ2) is 9.87. The van der Waals surface area contributed by atoms with Crippen molar-refractivity contribution >= 4 is 6.03 Å². The van der Waals surface area contributed by atoms with E-state index in [4.69, 9.17) is 4.74 Å². The predicted molar refractivity (Wildman–Crippen MR) is 99.3 cm³/mol. The van der Waals surface area contributed by atoms with Gasteiger partial charge in [0, 0.05) is 20.1 Å². The topological polar surface area (TPSA) is 50.8 Å². The molecule has 0 atom stereocenters. The van der Waals surface area contributed by atoms with Gasteiger partial charge >= 0.3 is 12.2 Å². The van der Waals surface area contributed by atoms with Crippen LogP contribution in [0, 0.1) is 0 Å². The number of halogens is 3. The summed E-state index contributed by atoms with van der Waals surface area (Å²) in [6, 6.07) is 13.3. The number of amides is 2. The standard InChI is InChI=1S/C20H23F3N2O3/c1-3-27-17-10-6-16(7-11-17)13-25(2)19(26)24-12-15-4-8-18(9-5-15)28-14-20(21,22)23/h4-11H,3,12-14H2,1-2H3,(H,24,26). The number of nitrogens with zero attached hydrogens (tertiary/aromatic N) is 1. The van der Waals surface area contributed by atoms with Crippen LogP contribution in [0.1, 0.15) is 18.1 Å². The van der Waals surface area contributed by atoms with Crippen molar-refractivity contribution in [1.29, 1.82) is 0 Å². The van der Waals surface area contributed by atoms with Gasteiger partial charge in [0.1, 0.15) is 11.5 Å². The van der Waals surface area contributed by atoms with E-state index in [1.54, 1.807) is 19.2 Å². The zero-order valence-electron chi connectivity index (χ0n) is 15.8. The van der Waals surface area contributed by atoms with Crippen molar-refractivity contribution in [3.05, 3.63) is 59.7 Å². The van der Waals surface area contributed by atoms with Gasteiger partial charge in [-0.1, -0.05) is 24.3 Å². The molecule has 0 aromatic heterocycles. The van der Waals surface area contributed by atoms with E-state index in [0.29, 0.717) is 13.2 Å². The number of benzene rings is 2. The number of ether oxygens (including phenoxy) is 2. The number of carbonyl (C=O) groups excluding carboxylic acids is 1. The smallest absolute Gasteiger partial charge is 0.422 e. The van der Waals surface area contributed by atoms with Crippen LogP contribution in [-0.4, -0.2) is 37.4 Å². The van der Waals surface area contributed by atoms with E-state index in [1.807, 2.05) is 31.2 Å². The van der Waals surface area contributed by atoms with Gasteiger partial charge in [-0.05, 0) is 42.3 Å². The summed E-state index contributed by atoms with van der Waals surface area (Å²) in [5.41, 5.74) is 1.72. The van der Waals surface area contributed by atoms with Gasteiger partial charge in [-0.15, -0.1) is 0 Å². The molecular formula is C20H23F3N2O3. The first-order valence-corrected chi connectivity index (χ1v) is 8.76. The van der Waals surface area contributed by atoms with Crippen molar-refractivity contribution in [2.75, 3.05) is 20.3 Å². The lowest BCUT2D eigenvalue weighted by atomic mass is 10.2. The van der Waals surface area contributed by atoms with Crippen LogP contribution >= 0.6 is 0 Å². The van der Waals surface area contributed by atoms with Crippen LogP contribution in [0.25, 0.3) is 0 Å². The average molecular weight is 396 g/mol. The largest absolute Gasteiger partial charge is 0.494 e. The quantitative estimate of drug-likeness (QED) is 0.721. The van der Waals surface area contributed by atoms with Gasteiger partial charge in [0.05, 0.1) is 6.61 Å². The van der Waals surface area contributed by atoms with Gasteiger partial charge in [-0.3, -0.25) is 0 Å². The first-order valence-electron chi connectivity index (χ1n) is 8.76. The number of hydrogen-bond acceptors (Lipinski definition) is 3. The van der Waals surface area contributed by atoms with Crippen LogP contribution < -0.4 is 14.8 Å².